The molecule has 26 heteroatoms. The van der Waals surface area contributed by atoms with E-state index in [0.29, 0.717) is 83.2 Å². The number of rotatable bonds is 19. The molecule has 0 fully saturated rings. The van der Waals surface area contributed by atoms with Crippen LogP contribution >= 0.6 is 46.4 Å². The first kappa shape index (κ1) is 68.1. The predicted octanol–water partition coefficient (Wildman–Crippen LogP) is 18.8. The molecule has 3 N–H and O–H groups in total. The molecule has 10 rings (SSSR count). The smallest absolute Gasteiger partial charge is 0.480 e. The first-order valence-corrected chi connectivity index (χ1v) is 30.3. The molecule has 478 valence electrons. The molecule has 0 saturated heterocycles. The Morgan fingerprint density at radius 1 is 0.495 bits per heavy atom. The van der Waals surface area contributed by atoms with E-state index < -0.39 is 63.2 Å². The number of alkyl halides is 9. The molecule has 93 heavy (non-hydrogen) atoms. The van der Waals surface area contributed by atoms with Gasteiger partial charge in [-0.1, -0.05) is 156 Å². The molecule has 2 aromatic heterocycles. The molecule has 12 nitrogen and oxygen atoms in total. The molecule has 0 aliphatic heterocycles. The van der Waals surface area contributed by atoms with Crippen LogP contribution in [0.3, 0.4) is 0 Å². The summed E-state index contributed by atoms with van der Waals surface area (Å²) in [6.45, 7) is -1.01. The Morgan fingerprint density at radius 2 is 0.871 bits per heavy atom. The molecule has 0 unspecified atom stereocenters. The van der Waals surface area contributed by atoms with Crippen LogP contribution in [0.25, 0.3) is 69.1 Å². The number of carboxylic acids is 2. The third-order valence-corrected chi connectivity index (χ3v) is 16.6. The van der Waals surface area contributed by atoms with Crippen LogP contribution in [-0.2, 0) is 45.1 Å². The summed E-state index contributed by atoms with van der Waals surface area (Å²) in [6.07, 6.45) is 1.99. The Balaban J connectivity index is 0.000000222. The molecule has 0 radical (unpaired) electrons. The SMILES string of the molecule is O=C(O)CN(c1ccc(Cn2cc(-c3ccc(Cl)cc3Cl)nc2/C=C/c2ccc(-c3ccc(C(F)(F)F)cc3)cc2)cc1)S(=O)(=O)C(F)(F)F.O=C(O)CNc1ccc(Cn2cc(-c3ccc(Cl)cc3Cl)nc2/C=C/c2ccc(-c3ccc(C(F)(F)F)cc3)cc2)cc1. The normalized spacial score (nSPS) is 12.1. The first-order valence-electron chi connectivity index (χ1n) is 27.4. The van der Waals surface area contributed by atoms with Crippen LogP contribution in [0.4, 0.5) is 50.9 Å². The molecule has 0 amide bonds. The van der Waals surface area contributed by atoms with Gasteiger partial charge in [0.05, 0.1) is 38.2 Å². The molecule has 0 saturated carbocycles. The van der Waals surface area contributed by atoms with Crippen LogP contribution in [0.15, 0.2) is 194 Å². The minimum Gasteiger partial charge on any atom is -0.480 e. The van der Waals surface area contributed by atoms with E-state index in [2.05, 4.69) is 5.32 Å². The number of halogens is 13. The van der Waals surface area contributed by atoms with Crippen molar-refractivity contribution in [3.63, 3.8) is 0 Å². The van der Waals surface area contributed by atoms with Crippen LogP contribution in [0.1, 0.15) is 45.0 Å². The van der Waals surface area contributed by atoms with Gasteiger partial charge in [0.2, 0.25) is 0 Å². The Bertz CT molecular complexity index is 4490. The van der Waals surface area contributed by atoms with Gasteiger partial charge in [0.1, 0.15) is 24.7 Å². The summed E-state index contributed by atoms with van der Waals surface area (Å²) in [5.74, 6) is -1.63. The molecule has 0 atom stereocenters. The number of hydrogen-bond donors (Lipinski definition) is 3. The van der Waals surface area contributed by atoms with Gasteiger partial charge in [0.15, 0.2) is 0 Å². The van der Waals surface area contributed by atoms with Gasteiger partial charge in [0, 0.05) is 52.3 Å². The van der Waals surface area contributed by atoms with Gasteiger partial charge in [-0.25, -0.2) is 9.97 Å². The fourth-order valence-electron chi connectivity index (χ4n) is 9.28. The first-order chi connectivity index (χ1) is 44.0. The van der Waals surface area contributed by atoms with Gasteiger partial charge in [-0.05, 0) is 142 Å². The van der Waals surface area contributed by atoms with Crippen LogP contribution in [0.5, 0.6) is 0 Å². The van der Waals surface area contributed by atoms with Crippen molar-refractivity contribution in [1.82, 2.24) is 19.1 Å². The van der Waals surface area contributed by atoms with Crippen LogP contribution in [-0.4, -0.2) is 68.3 Å². The average molecular weight is 1380 g/mol. The Hall–Kier alpha value is -9.32. The lowest BCUT2D eigenvalue weighted by atomic mass is 10.0. The number of sulfonamides is 1. The molecule has 0 spiro atoms. The largest absolute Gasteiger partial charge is 0.516 e. The van der Waals surface area contributed by atoms with Crippen molar-refractivity contribution < 1.29 is 67.7 Å². The molecular formula is C67H47Cl4F9N6O6S. The topological polar surface area (TPSA) is 160 Å². The summed E-state index contributed by atoms with van der Waals surface area (Å²) in [6, 6.07) is 46.8. The van der Waals surface area contributed by atoms with Crippen molar-refractivity contribution in [3.8, 4) is 44.8 Å². The molecule has 0 bridgehead atoms. The number of nitrogens with one attached hydrogen (secondary N) is 1. The zero-order chi connectivity index (χ0) is 67.0. The Kier molecular flexibility index (Phi) is 21.0. The highest BCUT2D eigenvalue weighted by atomic mass is 35.5. The number of nitrogens with zero attached hydrogens (tertiary/aromatic N) is 5. The van der Waals surface area contributed by atoms with Crippen LogP contribution in [0, 0.1) is 0 Å². The van der Waals surface area contributed by atoms with E-state index >= 15 is 0 Å². The van der Waals surface area contributed by atoms with Crippen LogP contribution in [0.2, 0.25) is 20.1 Å². The monoisotopic (exact) mass is 1370 g/mol. The average Bonchev–Trinajstić information content (AvgIpc) is 1.32. The second kappa shape index (κ2) is 28.7. The third-order valence-electron chi connectivity index (χ3n) is 14.0. The van der Waals surface area contributed by atoms with Crippen molar-refractivity contribution >= 4 is 104 Å². The van der Waals surface area contributed by atoms with Crippen molar-refractivity contribution in [1.29, 1.82) is 0 Å². The lowest BCUT2D eigenvalue weighted by Gasteiger charge is -2.23. The minimum atomic E-state index is -5.99. The van der Waals surface area contributed by atoms with Gasteiger partial charge in [-0.2, -0.15) is 47.9 Å². The van der Waals surface area contributed by atoms with Gasteiger partial charge < -0.3 is 24.7 Å². The number of carbonyl (C=O) groups is 2. The number of anilines is 2. The van der Waals surface area contributed by atoms with E-state index in [-0.39, 0.29) is 17.4 Å². The number of carboxylic acid groups (broad SMARTS) is 2. The maximum atomic E-state index is 13.3. The van der Waals surface area contributed by atoms with E-state index in [1.54, 1.807) is 77.5 Å². The summed E-state index contributed by atoms with van der Waals surface area (Å²) in [4.78, 5) is 31.6. The fraction of sp³-hybridized carbons (Fsp3) is 0.104. The molecule has 0 aliphatic carbocycles. The highest BCUT2D eigenvalue weighted by molar-refractivity contribution is 7.93. The minimum absolute atomic E-state index is 0.107. The summed E-state index contributed by atoms with van der Waals surface area (Å²) in [7, 11) is -5.99. The second-order valence-electron chi connectivity index (χ2n) is 20.5. The summed E-state index contributed by atoms with van der Waals surface area (Å²) in [5.41, 5.74) is 1.35. The standard InChI is InChI=1S/C34H23Cl2F6N3O4S.C33H24Cl2F3N3O2/c35-26-12-15-28(29(36)17-26)30-19-44(18-22-3-13-27(14-4-22)45(20-32(46)47)50(48,49)34(40,41)42)31(43-30)16-5-21-1-6-23(7-2-21)24-8-10-25(11-9-24)33(37,38)39;34-26-12-15-28(29(35)17-26)30-20-41(19-22-3-13-27(14-4-22)39-18-32(42)43)31(40-30)16-5-21-1-6-23(7-2-21)24-8-10-25(11-9-24)33(36,37)38/h1-17,19H,18,20H2,(H,46,47);1-17,20,39H,18-19H2,(H,42,43)/b2*16-5+. The molecule has 10 aromatic rings. The lowest BCUT2D eigenvalue weighted by Crippen LogP contribution is -2.43. The summed E-state index contributed by atoms with van der Waals surface area (Å²) >= 11 is 25.0. The molecule has 8 aromatic carbocycles. The van der Waals surface area contributed by atoms with Crippen molar-refractivity contribution in [2.24, 2.45) is 0 Å². The Labute approximate surface area is 545 Å². The number of aromatic nitrogens is 4. The number of aliphatic carboxylic acids is 2. The van der Waals surface area contributed by atoms with Crippen molar-refractivity contribution in [3.05, 3.63) is 260 Å². The third kappa shape index (κ3) is 17.6. The second-order valence-corrected chi connectivity index (χ2v) is 24.0. The zero-order valence-electron chi connectivity index (χ0n) is 47.7. The van der Waals surface area contributed by atoms with Crippen LogP contribution < -0.4 is 9.62 Å². The van der Waals surface area contributed by atoms with E-state index in [4.69, 9.17) is 66.6 Å². The highest BCUT2D eigenvalue weighted by Crippen LogP contribution is 2.37. The number of hydrogen-bond acceptors (Lipinski definition) is 7. The van der Waals surface area contributed by atoms with Gasteiger partial charge >= 0.3 is 39.8 Å². The Morgan fingerprint density at radius 3 is 1.22 bits per heavy atom. The van der Waals surface area contributed by atoms with E-state index in [9.17, 15) is 57.5 Å². The van der Waals surface area contributed by atoms with Gasteiger partial charge in [-0.15, -0.1) is 0 Å². The summed E-state index contributed by atoms with van der Waals surface area (Å²) < 4.78 is 145. The van der Waals surface area contributed by atoms with Crippen molar-refractivity contribution in [2.75, 3.05) is 22.7 Å². The maximum absolute atomic E-state index is 13.3. The summed E-state index contributed by atoms with van der Waals surface area (Å²) in [5, 5.41) is 22.5. The molecular weight excluding hydrogens is 1330 g/mol. The molecule has 2 heterocycles. The van der Waals surface area contributed by atoms with Gasteiger partial charge in [0.25, 0.3) is 0 Å². The maximum Gasteiger partial charge on any atom is 0.516 e. The highest BCUT2D eigenvalue weighted by Gasteiger charge is 2.51. The molecule has 0 aliphatic rings. The zero-order valence-corrected chi connectivity index (χ0v) is 51.5. The van der Waals surface area contributed by atoms with Gasteiger partial charge in [-0.3, -0.25) is 13.9 Å². The number of benzene rings is 8. The van der Waals surface area contributed by atoms with E-state index in [0.717, 1.165) is 64.2 Å². The van der Waals surface area contributed by atoms with E-state index in [1.807, 2.05) is 77.5 Å². The number of imidazole rings is 2. The van der Waals surface area contributed by atoms with Crippen molar-refractivity contribution in [2.45, 2.75) is 31.0 Å². The fourth-order valence-corrected chi connectivity index (χ4v) is 11.2. The van der Waals surface area contributed by atoms with E-state index in [1.165, 1.54) is 36.4 Å². The lowest BCUT2D eigenvalue weighted by molar-refractivity contribution is -0.138. The predicted molar refractivity (Wildman–Crippen MR) is 344 cm³/mol. The quantitative estimate of drug-likeness (QED) is 0.0670.